The monoisotopic (exact) mass is 184 g/mol. The van der Waals surface area contributed by atoms with Crippen molar-refractivity contribution in [3.05, 3.63) is 11.8 Å². The number of hydrogen-bond donors (Lipinski definition) is 0. The molecule has 0 aliphatic heterocycles. The van der Waals surface area contributed by atoms with E-state index >= 15 is 0 Å². The molecule has 0 atom stereocenters. The SMILES string of the molecule is CCO/C=C(\CC)C(=O)C(C)(C)C. The van der Waals surface area contributed by atoms with E-state index in [-0.39, 0.29) is 11.2 Å². The molecule has 13 heavy (non-hydrogen) atoms. The van der Waals surface area contributed by atoms with E-state index in [1.54, 1.807) is 6.26 Å². The van der Waals surface area contributed by atoms with Crippen LogP contribution in [0.2, 0.25) is 0 Å². The molecule has 0 aliphatic rings. The minimum absolute atomic E-state index is 0.170. The summed E-state index contributed by atoms with van der Waals surface area (Å²) in [5, 5.41) is 0. The second-order valence-corrected chi connectivity index (χ2v) is 4.03. The highest BCUT2D eigenvalue weighted by molar-refractivity contribution is 5.98. The molecule has 2 nitrogen and oxygen atoms in total. The van der Waals surface area contributed by atoms with E-state index in [1.807, 2.05) is 34.6 Å². The number of ketones is 1. The molecule has 0 unspecified atom stereocenters. The maximum absolute atomic E-state index is 11.8. The van der Waals surface area contributed by atoms with E-state index in [9.17, 15) is 4.79 Å². The Bertz CT molecular complexity index is 197. The lowest BCUT2D eigenvalue weighted by molar-refractivity contribution is -0.122. The first-order valence-electron chi connectivity index (χ1n) is 4.78. The van der Waals surface area contributed by atoms with Gasteiger partial charge in [0.1, 0.15) is 0 Å². The average molecular weight is 184 g/mol. The van der Waals surface area contributed by atoms with Gasteiger partial charge in [0.2, 0.25) is 0 Å². The first kappa shape index (κ1) is 12.2. The van der Waals surface area contributed by atoms with Crippen molar-refractivity contribution in [1.82, 2.24) is 0 Å². The van der Waals surface area contributed by atoms with E-state index in [2.05, 4.69) is 0 Å². The van der Waals surface area contributed by atoms with Crippen LogP contribution < -0.4 is 0 Å². The van der Waals surface area contributed by atoms with Gasteiger partial charge in [-0.15, -0.1) is 0 Å². The van der Waals surface area contributed by atoms with Crippen LogP contribution in [0.3, 0.4) is 0 Å². The molecule has 0 aromatic carbocycles. The highest BCUT2D eigenvalue weighted by Gasteiger charge is 2.23. The van der Waals surface area contributed by atoms with Crippen molar-refractivity contribution in [2.45, 2.75) is 41.0 Å². The molecule has 0 fully saturated rings. The second kappa shape index (κ2) is 5.05. The Morgan fingerprint density at radius 3 is 2.15 bits per heavy atom. The van der Waals surface area contributed by atoms with Crippen LogP contribution in [0.4, 0.5) is 0 Å². The molecular weight excluding hydrogens is 164 g/mol. The van der Waals surface area contributed by atoms with E-state index in [0.29, 0.717) is 6.61 Å². The molecule has 0 spiro atoms. The highest BCUT2D eigenvalue weighted by atomic mass is 16.5. The Labute approximate surface area is 81.0 Å². The van der Waals surface area contributed by atoms with Gasteiger partial charge in [-0.1, -0.05) is 27.7 Å². The Morgan fingerprint density at radius 1 is 1.31 bits per heavy atom. The van der Waals surface area contributed by atoms with Crippen LogP contribution in [0.15, 0.2) is 11.8 Å². The standard InChI is InChI=1S/C11H20O2/c1-6-9(8-13-7-2)10(12)11(3,4)5/h8H,6-7H2,1-5H3/b9-8+. The van der Waals surface area contributed by atoms with E-state index in [4.69, 9.17) is 4.74 Å². The minimum atomic E-state index is -0.307. The predicted octanol–water partition coefficient (Wildman–Crippen LogP) is 2.93. The first-order valence-corrected chi connectivity index (χ1v) is 4.78. The molecule has 2 heteroatoms. The van der Waals surface area contributed by atoms with E-state index in [1.165, 1.54) is 0 Å². The summed E-state index contributed by atoms with van der Waals surface area (Å²) in [6, 6.07) is 0. The van der Waals surface area contributed by atoms with Crippen LogP contribution in [0.1, 0.15) is 41.0 Å². The topological polar surface area (TPSA) is 26.3 Å². The summed E-state index contributed by atoms with van der Waals surface area (Å²) in [5.41, 5.74) is 0.466. The molecule has 0 N–H and O–H groups in total. The summed E-state index contributed by atoms with van der Waals surface area (Å²) in [5.74, 6) is 0.170. The van der Waals surface area contributed by atoms with Crippen LogP contribution in [0.5, 0.6) is 0 Å². The summed E-state index contributed by atoms with van der Waals surface area (Å²) in [6.07, 6.45) is 2.32. The van der Waals surface area contributed by atoms with Crippen molar-refractivity contribution in [2.75, 3.05) is 6.61 Å². The molecule has 0 bridgehead atoms. The molecule has 0 aromatic heterocycles. The van der Waals surface area contributed by atoms with Crippen molar-refractivity contribution in [2.24, 2.45) is 5.41 Å². The van der Waals surface area contributed by atoms with Crippen LogP contribution in [0.25, 0.3) is 0 Å². The zero-order chi connectivity index (χ0) is 10.5. The molecule has 0 saturated heterocycles. The van der Waals surface area contributed by atoms with E-state index < -0.39 is 0 Å². The minimum Gasteiger partial charge on any atom is -0.501 e. The largest absolute Gasteiger partial charge is 0.501 e. The molecule has 0 amide bonds. The van der Waals surface area contributed by atoms with Crippen LogP contribution in [-0.4, -0.2) is 12.4 Å². The third kappa shape index (κ3) is 4.11. The van der Waals surface area contributed by atoms with E-state index in [0.717, 1.165) is 12.0 Å². The van der Waals surface area contributed by atoms with Crippen molar-refractivity contribution >= 4 is 5.78 Å². The Balaban J connectivity index is 4.50. The van der Waals surface area contributed by atoms with Crippen LogP contribution >= 0.6 is 0 Å². The Kier molecular flexibility index (Phi) is 4.74. The van der Waals surface area contributed by atoms with Crippen LogP contribution in [-0.2, 0) is 9.53 Å². The highest BCUT2D eigenvalue weighted by Crippen LogP contribution is 2.21. The van der Waals surface area contributed by atoms with Gasteiger partial charge in [-0.2, -0.15) is 0 Å². The lowest BCUT2D eigenvalue weighted by Crippen LogP contribution is -2.22. The molecule has 0 radical (unpaired) electrons. The number of rotatable bonds is 4. The summed E-state index contributed by atoms with van der Waals surface area (Å²) in [7, 11) is 0. The zero-order valence-corrected chi connectivity index (χ0v) is 9.31. The fraction of sp³-hybridized carbons (Fsp3) is 0.727. The normalized spacial score (nSPS) is 12.8. The number of allylic oxidation sites excluding steroid dienone is 1. The van der Waals surface area contributed by atoms with Gasteiger partial charge in [0.15, 0.2) is 5.78 Å². The zero-order valence-electron chi connectivity index (χ0n) is 9.31. The van der Waals surface area contributed by atoms with Gasteiger partial charge < -0.3 is 4.74 Å². The van der Waals surface area contributed by atoms with Gasteiger partial charge in [0.25, 0.3) is 0 Å². The lowest BCUT2D eigenvalue weighted by Gasteiger charge is -2.17. The molecule has 0 saturated carbocycles. The molecular formula is C11H20O2. The molecule has 0 aliphatic carbocycles. The molecule has 0 heterocycles. The van der Waals surface area contributed by atoms with Crippen molar-refractivity contribution < 1.29 is 9.53 Å². The number of hydrogen-bond acceptors (Lipinski definition) is 2. The van der Waals surface area contributed by atoms with Gasteiger partial charge in [-0.05, 0) is 13.3 Å². The van der Waals surface area contributed by atoms with Crippen LogP contribution in [0, 0.1) is 5.41 Å². The lowest BCUT2D eigenvalue weighted by atomic mass is 9.86. The van der Waals surface area contributed by atoms with Crippen molar-refractivity contribution in [1.29, 1.82) is 0 Å². The third-order valence-electron chi connectivity index (χ3n) is 1.75. The number of carbonyl (C=O) groups is 1. The van der Waals surface area contributed by atoms with Gasteiger partial charge in [-0.25, -0.2) is 0 Å². The predicted molar refractivity (Wildman–Crippen MR) is 54.5 cm³/mol. The first-order chi connectivity index (χ1) is 5.93. The van der Waals surface area contributed by atoms with Crippen molar-refractivity contribution in [3.8, 4) is 0 Å². The molecule has 76 valence electrons. The van der Waals surface area contributed by atoms with Gasteiger partial charge in [-0.3, -0.25) is 4.79 Å². The fourth-order valence-corrected chi connectivity index (χ4v) is 0.963. The fourth-order valence-electron chi connectivity index (χ4n) is 0.963. The maximum atomic E-state index is 11.8. The van der Waals surface area contributed by atoms with Crippen molar-refractivity contribution in [3.63, 3.8) is 0 Å². The smallest absolute Gasteiger partial charge is 0.167 e. The maximum Gasteiger partial charge on any atom is 0.167 e. The quantitative estimate of drug-likeness (QED) is 0.496. The van der Waals surface area contributed by atoms with Gasteiger partial charge >= 0.3 is 0 Å². The second-order valence-electron chi connectivity index (χ2n) is 4.03. The summed E-state index contributed by atoms with van der Waals surface area (Å²) in [6.45, 7) is 10.3. The number of Topliss-reactive ketones (excluding diaryl/α,β-unsaturated/α-hetero) is 1. The summed E-state index contributed by atoms with van der Waals surface area (Å²) >= 11 is 0. The average Bonchev–Trinajstić information content (AvgIpc) is 2.04. The number of carbonyl (C=O) groups excluding carboxylic acids is 1. The molecule has 0 rings (SSSR count). The molecule has 0 aromatic rings. The van der Waals surface area contributed by atoms with Gasteiger partial charge in [0.05, 0.1) is 12.9 Å². The van der Waals surface area contributed by atoms with Gasteiger partial charge in [0, 0.05) is 11.0 Å². The Morgan fingerprint density at radius 2 is 1.85 bits per heavy atom. The summed E-state index contributed by atoms with van der Waals surface area (Å²) < 4.78 is 5.12. The number of ether oxygens (including phenoxy) is 1. The third-order valence-corrected chi connectivity index (χ3v) is 1.75. The Hall–Kier alpha value is -0.790. The summed E-state index contributed by atoms with van der Waals surface area (Å²) in [4.78, 5) is 11.8.